The summed E-state index contributed by atoms with van der Waals surface area (Å²) in [6.45, 7) is 2.12. The Kier molecular flexibility index (Phi) is 3.65. The second-order valence-electron chi connectivity index (χ2n) is 4.93. The standard InChI is InChI=1S/C18H15NO2/c1-13-6-2-4-8-16(13)18(20)21-12-14-10-15-7-3-5-9-17(15)19-11-14/h2-11H,12H2,1H3. The number of aryl methyl sites for hydroxylation is 1. The van der Waals surface area contributed by atoms with E-state index in [2.05, 4.69) is 4.98 Å². The van der Waals surface area contributed by atoms with E-state index in [4.69, 9.17) is 4.74 Å². The lowest BCUT2D eigenvalue weighted by molar-refractivity contribution is 0.0471. The number of aromatic nitrogens is 1. The van der Waals surface area contributed by atoms with Crippen LogP contribution in [0.3, 0.4) is 0 Å². The molecule has 3 aromatic rings. The third kappa shape index (κ3) is 2.92. The number of fused-ring (bicyclic) bond motifs is 1. The van der Waals surface area contributed by atoms with E-state index in [9.17, 15) is 4.79 Å². The highest BCUT2D eigenvalue weighted by Crippen LogP contribution is 2.14. The lowest BCUT2D eigenvalue weighted by Gasteiger charge is -2.07. The fourth-order valence-electron chi connectivity index (χ4n) is 2.22. The van der Waals surface area contributed by atoms with Gasteiger partial charge >= 0.3 is 5.97 Å². The van der Waals surface area contributed by atoms with Crippen LogP contribution in [0.15, 0.2) is 60.8 Å². The molecule has 0 saturated heterocycles. The molecule has 0 aliphatic heterocycles. The van der Waals surface area contributed by atoms with E-state index in [1.807, 2.05) is 55.5 Å². The summed E-state index contributed by atoms with van der Waals surface area (Å²) in [6, 6.07) is 17.3. The van der Waals surface area contributed by atoms with Crippen molar-refractivity contribution in [1.29, 1.82) is 0 Å². The molecule has 0 spiro atoms. The van der Waals surface area contributed by atoms with Crippen molar-refractivity contribution in [2.45, 2.75) is 13.5 Å². The Balaban J connectivity index is 1.74. The number of hydrogen-bond acceptors (Lipinski definition) is 3. The molecule has 0 unspecified atom stereocenters. The van der Waals surface area contributed by atoms with Gasteiger partial charge in [0.1, 0.15) is 6.61 Å². The summed E-state index contributed by atoms with van der Waals surface area (Å²) in [6.07, 6.45) is 1.74. The predicted octanol–water partition coefficient (Wildman–Crippen LogP) is 3.90. The van der Waals surface area contributed by atoms with Crippen LogP contribution in [-0.2, 0) is 11.3 Å². The summed E-state index contributed by atoms with van der Waals surface area (Å²) in [7, 11) is 0. The molecular formula is C18H15NO2. The molecule has 104 valence electrons. The second kappa shape index (κ2) is 5.75. The van der Waals surface area contributed by atoms with Crippen LogP contribution in [0.25, 0.3) is 10.9 Å². The van der Waals surface area contributed by atoms with E-state index in [1.165, 1.54) is 0 Å². The normalized spacial score (nSPS) is 10.5. The van der Waals surface area contributed by atoms with Gasteiger partial charge in [-0.2, -0.15) is 0 Å². The number of esters is 1. The second-order valence-corrected chi connectivity index (χ2v) is 4.93. The van der Waals surface area contributed by atoms with Gasteiger partial charge in [0.15, 0.2) is 0 Å². The van der Waals surface area contributed by atoms with Gasteiger partial charge in [-0.05, 0) is 30.7 Å². The van der Waals surface area contributed by atoms with E-state index in [-0.39, 0.29) is 12.6 Å². The van der Waals surface area contributed by atoms with E-state index < -0.39 is 0 Å². The summed E-state index contributed by atoms with van der Waals surface area (Å²) >= 11 is 0. The molecule has 0 saturated carbocycles. The predicted molar refractivity (Wildman–Crippen MR) is 82.0 cm³/mol. The number of benzene rings is 2. The zero-order valence-electron chi connectivity index (χ0n) is 11.7. The van der Waals surface area contributed by atoms with Crippen molar-refractivity contribution < 1.29 is 9.53 Å². The number of carbonyl (C=O) groups is 1. The van der Waals surface area contributed by atoms with Gasteiger partial charge in [-0.3, -0.25) is 4.98 Å². The fraction of sp³-hybridized carbons (Fsp3) is 0.111. The highest BCUT2D eigenvalue weighted by molar-refractivity contribution is 5.91. The van der Waals surface area contributed by atoms with E-state index in [1.54, 1.807) is 12.3 Å². The molecule has 3 heteroatoms. The minimum absolute atomic E-state index is 0.227. The maximum atomic E-state index is 12.1. The first-order valence-corrected chi connectivity index (χ1v) is 6.80. The van der Waals surface area contributed by atoms with Crippen molar-refractivity contribution in [3.8, 4) is 0 Å². The van der Waals surface area contributed by atoms with E-state index in [0.717, 1.165) is 22.0 Å². The summed E-state index contributed by atoms with van der Waals surface area (Å²) < 4.78 is 5.36. The van der Waals surface area contributed by atoms with Gasteiger partial charge in [0, 0.05) is 17.1 Å². The summed E-state index contributed by atoms with van der Waals surface area (Å²) in [5.74, 6) is -0.304. The number of para-hydroxylation sites is 1. The Morgan fingerprint density at radius 3 is 2.71 bits per heavy atom. The number of hydrogen-bond donors (Lipinski definition) is 0. The van der Waals surface area contributed by atoms with Gasteiger partial charge < -0.3 is 4.74 Å². The molecule has 2 aromatic carbocycles. The minimum Gasteiger partial charge on any atom is -0.457 e. The Hall–Kier alpha value is -2.68. The Morgan fingerprint density at radius 1 is 1.10 bits per heavy atom. The molecule has 1 aromatic heterocycles. The van der Waals surface area contributed by atoms with Gasteiger partial charge in [-0.1, -0.05) is 36.4 Å². The smallest absolute Gasteiger partial charge is 0.338 e. The number of carbonyl (C=O) groups excluding carboxylic acids is 1. The zero-order chi connectivity index (χ0) is 14.7. The van der Waals surface area contributed by atoms with Crippen LogP contribution in [0.4, 0.5) is 0 Å². The summed E-state index contributed by atoms with van der Waals surface area (Å²) in [5.41, 5.74) is 3.34. The fourth-order valence-corrected chi connectivity index (χ4v) is 2.22. The first-order chi connectivity index (χ1) is 10.2. The van der Waals surface area contributed by atoms with Crippen molar-refractivity contribution in [1.82, 2.24) is 4.98 Å². The van der Waals surface area contributed by atoms with Crippen LogP contribution < -0.4 is 0 Å². The topological polar surface area (TPSA) is 39.2 Å². The molecule has 3 nitrogen and oxygen atoms in total. The Bertz CT molecular complexity index is 796. The number of rotatable bonds is 3. The quantitative estimate of drug-likeness (QED) is 0.681. The molecule has 0 bridgehead atoms. The first-order valence-electron chi connectivity index (χ1n) is 6.80. The lowest BCUT2D eigenvalue weighted by Crippen LogP contribution is -2.07. The molecule has 3 rings (SSSR count). The molecule has 1 heterocycles. The molecule has 0 aliphatic rings. The third-order valence-electron chi connectivity index (χ3n) is 3.38. The van der Waals surface area contributed by atoms with Crippen molar-refractivity contribution in [2.24, 2.45) is 0 Å². The number of nitrogens with zero attached hydrogens (tertiary/aromatic N) is 1. The van der Waals surface area contributed by atoms with Crippen LogP contribution in [0.5, 0.6) is 0 Å². The van der Waals surface area contributed by atoms with Gasteiger partial charge in [0.2, 0.25) is 0 Å². The maximum absolute atomic E-state index is 12.1. The lowest BCUT2D eigenvalue weighted by atomic mass is 10.1. The van der Waals surface area contributed by atoms with E-state index >= 15 is 0 Å². The summed E-state index contributed by atoms with van der Waals surface area (Å²) in [4.78, 5) is 16.4. The highest BCUT2D eigenvalue weighted by atomic mass is 16.5. The zero-order valence-corrected chi connectivity index (χ0v) is 11.7. The molecular weight excluding hydrogens is 262 g/mol. The molecule has 0 amide bonds. The van der Waals surface area contributed by atoms with Gasteiger partial charge in [0.05, 0.1) is 11.1 Å². The van der Waals surface area contributed by atoms with Crippen LogP contribution in [-0.4, -0.2) is 11.0 Å². The molecule has 0 atom stereocenters. The van der Waals surface area contributed by atoms with Gasteiger partial charge in [-0.25, -0.2) is 4.79 Å². The van der Waals surface area contributed by atoms with Crippen molar-refractivity contribution >= 4 is 16.9 Å². The highest BCUT2D eigenvalue weighted by Gasteiger charge is 2.10. The number of pyridine rings is 1. The monoisotopic (exact) mass is 277 g/mol. The van der Waals surface area contributed by atoms with Gasteiger partial charge in [0.25, 0.3) is 0 Å². The Labute approximate surface area is 123 Å². The van der Waals surface area contributed by atoms with Crippen molar-refractivity contribution in [3.63, 3.8) is 0 Å². The Morgan fingerprint density at radius 2 is 1.86 bits per heavy atom. The van der Waals surface area contributed by atoms with E-state index in [0.29, 0.717) is 5.56 Å². The van der Waals surface area contributed by atoms with Crippen molar-refractivity contribution in [3.05, 3.63) is 77.5 Å². The van der Waals surface area contributed by atoms with Gasteiger partial charge in [-0.15, -0.1) is 0 Å². The van der Waals surface area contributed by atoms with Crippen LogP contribution in [0.1, 0.15) is 21.5 Å². The SMILES string of the molecule is Cc1ccccc1C(=O)OCc1cnc2ccccc2c1. The molecule has 21 heavy (non-hydrogen) atoms. The average Bonchev–Trinajstić information content (AvgIpc) is 2.53. The average molecular weight is 277 g/mol. The largest absolute Gasteiger partial charge is 0.457 e. The van der Waals surface area contributed by atoms with Crippen molar-refractivity contribution in [2.75, 3.05) is 0 Å². The van der Waals surface area contributed by atoms with Crippen LogP contribution in [0.2, 0.25) is 0 Å². The van der Waals surface area contributed by atoms with Crippen LogP contribution in [0, 0.1) is 6.92 Å². The third-order valence-corrected chi connectivity index (χ3v) is 3.38. The molecule has 0 radical (unpaired) electrons. The number of ether oxygens (including phenoxy) is 1. The molecule has 0 N–H and O–H groups in total. The first kappa shape index (κ1) is 13.3. The minimum atomic E-state index is -0.304. The molecule has 0 aliphatic carbocycles. The maximum Gasteiger partial charge on any atom is 0.338 e. The molecule has 0 fully saturated rings. The van der Waals surface area contributed by atoms with Crippen LogP contribution >= 0.6 is 0 Å². The summed E-state index contributed by atoms with van der Waals surface area (Å²) in [5, 5.41) is 1.04.